The quantitative estimate of drug-likeness (QED) is 0.356. The molecule has 1 saturated heterocycles. The third-order valence-corrected chi connectivity index (χ3v) is 1.67. The summed E-state index contributed by atoms with van der Waals surface area (Å²) in [6, 6.07) is 0. The van der Waals surface area contributed by atoms with E-state index >= 15 is 0 Å². The van der Waals surface area contributed by atoms with Crippen LogP contribution in [0, 0.1) is 0 Å². The molecule has 13 heavy (non-hydrogen) atoms. The molecule has 0 spiro atoms. The summed E-state index contributed by atoms with van der Waals surface area (Å²) in [5.74, 6) is 0.806. The van der Waals surface area contributed by atoms with Gasteiger partial charge in [-0.2, -0.15) is 0 Å². The molecular formula is C11H16O2. The van der Waals surface area contributed by atoms with Crippen LogP contribution in [0.3, 0.4) is 0 Å². The predicted molar refractivity (Wildman–Crippen MR) is 53.4 cm³/mol. The second kappa shape index (κ2) is 5.60. The van der Waals surface area contributed by atoms with Crippen molar-refractivity contribution >= 4 is 0 Å². The standard InChI is InChI=1S/C11H16O2/c1-3-5-6-7-10(4-2)12-8-11-9-13-11/h4-7,11H,2-3,8-9H2,1H3/b6-5-,10-7+. The van der Waals surface area contributed by atoms with E-state index in [9.17, 15) is 0 Å². The Balaban J connectivity index is 2.26. The van der Waals surface area contributed by atoms with Gasteiger partial charge in [0.25, 0.3) is 0 Å². The van der Waals surface area contributed by atoms with Crippen LogP contribution in [0.1, 0.15) is 13.3 Å². The van der Waals surface area contributed by atoms with E-state index in [2.05, 4.69) is 19.6 Å². The summed E-state index contributed by atoms with van der Waals surface area (Å²) < 4.78 is 10.5. The fourth-order valence-corrected chi connectivity index (χ4v) is 0.827. The molecule has 0 bridgehead atoms. The van der Waals surface area contributed by atoms with Crippen molar-refractivity contribution in [2.24, 2.45) is 0 Å². The number of allylic oxidation sites excluding steroid dienone is 4. The Bertz CT molecular complexity index is 212. The Morgan fingerprint density at radius 2 is 2.46 bits per heavy atom. The van der Waals surface area contributed by atoms with Gasteiger partial charge in [0.05, 0.1) is 6.61 Å². The van der Waals surface area contributed by atoms with E-state index in [4.69, 9.17) is 9.47 Å². The summed E-state index contributed by atoms with van der Waals surface area (Å²) >= 11 is 0. The minimum Gasteiger partial charge on any atom is -0.491 e. The number of ether oxygens (including phenoxy) is 2. The molecule has 72 valence electrons. The lowest BCUT2D eigenvalue weighted by Gasteiger charge is -2.02. The maximum Gasteiger partial charge on any atom is 0.118 e. The average molecular weight is 180 g/mol. The van der Waals surface area contributed by atoms with Crippen LogP contribution in [0.4, 0.5) is 0 Å². The van der Waals surface area contributed by atoms with Crippen LogP contribution in [0.25, 0.3) is 0 Å². The van der Waals surface area contributed by atoms with Gasteiger partial charge in [-0.05, 0) is 18.6 Å². The highest BCUT2D eigenvalue weighted by Gasteiger charge is 2.22. The van der Waals surface area contributed by atoms with Crippen molar-refractivity contribution in [1.29, 1.82) is 0 Å². The minimum absolute atomic E-state index is 0.304. The van der Waals surface area contributed by atoms with Crippen molar-refractivity contribution in [2.45, 2.75) is 19.4 Å². The first-order valence-corrected chi connectivity index (χ1v) is 4.60. The van der Waals surface area contributed by atoms with Gasteiger partial charge in [0.1, 0.15) is 18.5 Å². The summed E-state index contributed by atoms with van der Waals surface area (Å²) in [5, 5.41) is 0. The number of hydrogen-bond acceptors (Lipinski definition) is 2. The van der Waals surface area contributed by atoms with E-state index in [1.165, 1.54) is 0 Å². The van der Waals surface area contributed by atoms with Gasteiger partial charge in [0.2, 0.25) is 0 Å². The maximum atomic E-state index is 5.43. The third kappa shape index (κ3) is 4.53. The fourth-order valence-electron chi connectivity index (χ4n) is 0.827. The smallest absolute Gasteiger partial charge is 0.118 e. The molecule has 1 rings (SSSR count). The largest absolute Gasteiger partial charge is 0.491 e. The van der Waals surface area contributed by atoms with Crippen LogP contribution >= 0.6 is 0 Å². The Kier molecular flexibility index (Phi) is 4.33. The van der Waals surface area contributed by atoms with E-state index in [1.54, 1.807) is 6.08 Å². The van der Waals surface area contributed by atoms with Crippen molar-refractivity contribution in [3.63, 3.8) is 0 Å². The van der Waals surface area contributed by atoms with Gasteiger partial charge in [0, 0.05) is 0 Å². The minimum atomic E-state index is 0.304. The summed E-state index contributed by atoms with van der Waals surface area (Å²) in [5.41, 5.74) is 0. The van der Waals surface area contributed by atoms with Gasteiger partial charge in [0.15, 0.2) is 0 Å². The summed E-state index contributed by atoms with van der Waals surface area (Å²) in [6.07, 6.45) is 9.01. The highest BCUT2D eigenvalue weighted by Crippen LogP contribution is 2.11. The molecule has 1 unspecified atom stereocenters. The predicted octanol–water partition coefficient (Wildman–Crippen LogP) is 2.44. The van der Waals surface area contributed by atoms with E-state index in [0.29, 0.717) is 12.7 Å². The lowest BCUT2D eigenvalue weighted by molar-refractivity contribution is 0.193. The first kappa shape index (κ1) is 10.1. The van der Waals surface area contributed by atoms with Gasteiger partial charge < -0.3 is 9.47 Å². The molecule has 2 heteroatoms. The SMILES string of the molecule is C=C/C(=C\C=C/CC)OCC1CO1. The first-order chi connectivity index (χ1) is 6.36. The summed E-state index contributed by atoms with van der Waals surface area (Å²) in [7, 11) is 0. The molecule has 2 nitrogen and oxygen atoms in total. The maximum absolute atomic E-state index is 5.43. The van der Waals surface area contributed by atoms with Crippen molar-refractivity contribution in [3.8, 4) is 0 Å². The Morgan fingerprint density at radius 1 is 1.69 bits per heavy atom. The lowest BCUT2D eigenvalue weighted by atomic mass is 10.3. The van der Waals surface area contributed by atoms with Gasteiger partial charge in [-0.25, -0.2) is 0 Å². The molecule has 0 radical (unpaired) electrons. The average Bonchev–Trinajstić information content (AvgIpc) is 2.94. The number of epoxide rings is 1. The van der Waals surface area contributed by atoms with Gasteiger partial charge in [-0.1, -0.05) is 25.7 Å². The molecule has 1 aliphatic rings. The van der Waals surface area contributed by atoms with Crippen molar-refractivity contribution < 1.29 is 9.47 Å². The fraction of sp³-hybridized carbons (Fsp3) is 0.455. The van der Waals surface area contributed by atoms with Gasteiger partial charge in [-0.15, -0.1) is 0 Å². The Hall–Kier alpha value is -1.02. The second-order valence-electron chi connectivity index (χ2n) is 2.88. The van der Waals surface area contributed by atoms with E-state index in [1.807, 2.05) is 12.2 Å². The van der Waals surface area contributed by atoms with E-state index < -0.39 is 0 Å². The molecule has 1 aliphatic heterocycles. The van der Waals surface area contributed by atoms with Crippen LogP contribution < -0.4 is 0 Å². The molecular weight excluding hydrogens is 164 g/mol. The molecule has 1 atom stereocenters. The highest BCUT2D eigenvalue weighted by atomic mass is 16.6. The van der Waals surface area contributed by atoms with Crippen molar-refractivity contribution in [1.82, 2.24) is 0 Å². The Labute approximate surface area is 79.5 Å². The monoisotopic (exact) mass is 180 g/mol. The van der Waals surface area contributed by atoms with Crippen molar-refractivity contribution in [2.75, 3.05) is 13.2 Å². The van der Waals surface area contributed by atoms with Gasteiger partial charge >= 0.3 is 0 Å². The first-order valence-electron chi connectivity index (χ1n) is 4.60. The molecule has 0 amide bonds. The topological polar surface area (TPSA) is 21.8 Å². The molecule has 0 aromatic heterocycles. The zero-order valence-corrected chi connectivity index (χ0v) is 8.03. The zero-order chi connectivity index (χ0) is 9.52. The van der Waals surface area contributed by atoms with E-state index in [-0.39, 0.29) is 0 Å². The van der Waals surface area contributed by atoms with Crippen LogP contribution in [0.15, 0.2) is 36.6 Å². The van der Waals surface area contributed by atoms with Gasteiger partial charge in [-0.3, -0.25) is 0 Å². The van der Waals surface area contributed by atoms with Crippen LogP contribution in [-0.2, 0) is 9.47 Å². The zero-order valence-electron chi connectivity index (χ0n) is 8.03. The molecule has 1 fully saturated rings. The molecule has 0 aromatic carbocycles. The van der Waals surface area contributed by atoms with E-state index in [0.717, 1.165) is 18.8 Å². The molecule has 0 N–H and O–H groups in total. The molecule has 0 saturated carbocycles. The summed E-state index contributed by atoms with van der Waals surface area (Å²) in [4.78, 5) is 0. The molecule has 0 aromatic rings. The van der Waals surface area contributed by atoms with Crippen LogP contribution in [-0.4, -0.2) is 19.3 Å². The van der Waals surface area contributed by atoms with Crippen LogP contribution in [0.2, 0.25) is 0 Å². The molecule has 0 aliphatic carbocycles. The lowest BCUT2D eigenvalue weighted by Crippen LogP contribution is -1.99. The number of hydrogen-bond donors (Lipinski definition) is 0. The second-order valence-corrected chi connectivity index (χ2v) is 2.88. The summed E-state index contributed by atoms with van der Waals surface area (Å²) in [6.45, 7) is 7.23. The Morgan fingerprint density at radius 3 is 3.00 bits per heavy atom. The van der Waals surface area contributed by atoms with Crippen LogP contribution in [0.5, 0.6) is 0 Å². The third-order valence-electron chi connectivity index (χ3n) is 1.67. The number of rotatable bonds is 6. The molecule has 1 heterocycles. The highest BCUT2D eigenvalue weighted by molar-refractivity contribution is 5.16. The van der Waals surface area contributed by atoms with Crippen molar-refractivity contribution in [3.05, 3.63) is 36.6 Å². The normalized spacial score (nSPS) is 21.9.